The lowest BCUT2D eigenvalue weighted by Crippen LogP contribution is -2.35. The van der Waals surface area contributed by atoms with Crippen molar-refractivity contribution < 1.29 is 4.79 Å². The first-order valence-corrected chi connectivity index (χ1v) is 9.82. The second kappa shape index (κ2) is 6.65. The molecule has 1 amide bonds. The van der Waals surface area contributed by atoms with Gasteiger partial charge in [0, 0.05) is 36.3 Å². The summed E-state index contributed by atoms with van der Waals surface area (Å²) in [6, 6.07) is 6.76. The van der Waals surface area contributed by atoms with Gasteiger partial charge < -0.3 is 4.90 Å². The highest BCUT2D eigenvalue weighted by molar-refractivity contribution is 5.94. The zero-order valence-corrected chi connectivity index (χ0v) is 16.6. The molecule has 1 aliphatic rings. The largest absolute Gasteiger partial charge is 0.330 e. The van der Waals surface area contributed by atoms with Crippen LogP contribution in [0, 0.1) is 13.8 Å². The number of aromatic nitrogens is 5. The van der Waals surface area contributed by atoms with Crippen LogP contribution in [0.5, 0.6) is 0 Å². The number of rotatable bonds is 2. The number of aromatic amines is 1. The van der Waals surface area contributed by atoms with Gasteiger partial charge in [0.1, 0.15) is 11.2 Å². The van der Waals surface area contributed by atoms with Crippen molar-refractivity contribution in [2.45, 2.75) is 32.7 Å². The van der Waals surface area contributed by atoms with E-state index in [0.717, 1.165) is 18.5 Å². The van der Waals surface area contributed by atoms with Crippen molar-refractivity contribution in [3.63, 3.8) is 0 Å². The summed E-state index contributed by atoms with van der Waals surface area (Å²) in [6.07, 6.45) is 4.48. The molecule has 9 heteroatoms. The smallest absolute Gasteiger partial charge is 0.275 e. The zero-order valence-electron chi connectivity index (χ0n) is 16.6. The molecule has 5 heterocycles. The van der Waals surface area contributed by atoms with Crippen molar-refractivity contribution in [1.82, 2.24) is 28.9 Å². The minimum Gasteiger partial charge on any atom is -0.330 e. The molecule has 0 aromatic carbocycles. The number of carbonyl (C=O) groups is 1. The maximum Gasteiger partial charge on any atom is 0.275 e. The average Bonchev–Trinajstić information content (AvgIpc) is 3.39. The topological polar surface area (TPSA) is 105 Å². The van der Waals surface area contributed by atoms with E-state index in [4.69, 9.17) is 0 Å². The zero-order chi connectivity index (χ0) is 21.0. The Bertz CT molecular complexity index is 1430. The minimum absolute atomic E-state index is 0.0312. The molecule has 0 saturated carbocycles. The number of hydrogen-bond acceptors (Lipinski definition) is 5. The standard InChI is InChI=1S/C21H20N6O3/c1-12-13(2)23-18-10-15(24-27(18)19(12)28)16-6-5-9-25(16)20(29)14-11-22-17-7-3-4-8-26(17)21(14)30/h3-4,7-8,10-11,16,24H,5-6,9H2,1-2H3/t16-/m0/s1. The summed E-state index contributed by atoms with van der Waals surface area (Å²) in [5, 5.41) is 3.10. The van der Waals surface area contributed by atoms with Crippen molar-refractivity contribution in [3.8, 4) is 0 Å². The number of likely N-dealkylation sites (tertiary alicyclic amines) is 1. The first-order valence-electron chi connectivity index (χ1n) is 9.82. The number of amides is 1. The Hall–Kier alpha value is -3.75. The molecule has 0 aliphatic carbocycles. The molecule has 30 heavy (non-hydrogen) atoms. The Morgan fingerprint density at radius 2 is 2.00 bits per heavy atom. The minimum atomic E-state index is -0.392. The van der Waals surface area contributed by atoms with Crippen LogP contribution >= 0.6 is 0 Å². The molecule has 1 N–H and O–H groups in total. The van der Waals surface area contributed by atoms with Crippen LogP contribution in [0.15, 0.2) is 46.2 Å². The molecule has 152 valence electrons. The molecule has 1 saturated heterocycles. The van der Waals surface area contributed by atoms with Gasteiger partial charge in [-0.05, 0) is 38.8 Å². The second-order valence-corrected chi connectivity index (χ2v) is 7.59. The molecule has 1 fully saturated rings. The molecular weight excluding hydrogens is 384 g/mol. The van der Waals surface area contributed by atoms with Gasteiger partial charge in [0.15, 0.2) is 5.65 Å². The first kappa shape index (κ1) is 18.3. The molecule has 0 spiro atoms. The van der Waals surface area contributed by atoms with E-state index in [0.29, 0.717) is 29.1 Å². The van der Waals surface area contributed by atoms with Crippen LogP contribution in [0.4, 0.5) is 0 Å². The van der Waals surface area contributed by atoms with Gasteiger partial charge in [-0.1, -0.05) is 6.07 Å². The molecule has 0 bridgehead atoms. The van der Waals surface area contributed by atoms with Crippen LogP contribution in [0.1, 0.15) is 46.2 Å². The third-order valence-electron chi connectivity index (χ3n) is 5.82. The molecule has 0 radical (unpaired) electrons. The fourth-order valence-electron chi connectivity index (χ4n) is 4.07. The number of pyridine rings is 1. The summed E-state index contributed by atoms with van der Waals surface area (Å²) in [7, 11) is 0. The van der Waals surface area contributed by atoms with Gasteiger partial charge in [0.05, 0.1) is 11.7 Å². The van der Waals surface area contributed by atoms with E-state index in [1.165, 1.54) is 15.1 Å². The number of nitrogens with zero attached hydrogens (tertiary/aromatic N) is 5. The third kappa shape index (κ3) is 2.66. The fourth-order valence-corrected chi connectivity index (χ4v) is 4.07. The number of H-pyrrole nitrogens is 1. The monoisotopic (exact) mass is 404 g/mol. The van der Waals surface area contributed by atoms with Crippen molar-refractivity contribution in [1.29, 1.82) is 0 Å². The Labute approximate surface area is 170 Å². The maximum absolute atomic E-state index is 13.3. The van der Waals surface area contributed by atoms with E-state index in [2.05, 4.69) is 15.1 Å². The van der Waals surface area contributed by atoms with E-state index in [1.807, 2.05) is 0 Å². The molecular formula is C21H20N6O3. The predicted octanol–water partition coefficient (Wildman–Crippen LogP) is 1.62. The Balaban J connectivity index is 1.56. The maximum atomic E-state index is 13.3. The summed E-state index contributed by atoms with van der Waals surface area (Å²) in [4.78, 5) is 49.0. The van der Waals surface area contributed by atoms with Gasteiger partial charge in [-0.15, -0.1) is 0 Å². The van der Waals surface area contributed by atoms with Crippen LogP contribution in [0.25, 0.3) is 11.3 Å². The highest BCUT2D eigenvalue weighted by Crippen LogP contribution is 2.32. The molecule has 9 nitrogen and oxygen atoms in total. The van der Waals surface area contributed by atoms with E-state index in [1.54, 1.807) is 49.2 Å². The van der Waals surface area contributed by atoms with Crippen LogP contribution in [-0.2, 0) is 0 Å². The average molecular weight is 404 g/mol. The van der Waals surface area contributed by atoms with Crippen molar-refractivity contribution in [2.24, 2.45) is 0 Å². The molecule has 1 atom stereocenters. The van der Waals surface area contributed by atoms with Crippen LogP contribution in [0.3, 0.4) is 0 Å². The van der Waals surface area contributed by atoms with E-state index in [-0.39, 0.29) is 23.1 Å². The van der Waals surface area contributed by atoms with E-state index < -0.39 is 5.56 Å². The Morgan fingerprint density at radius 1 is 1.17 bits per heavy atom. The Morgan fingerprint density at radius 3 is 2.83 bits per heavy atom. The quantitative estimate of drug-likeness (QED) is 0.547. The summed E-state index contributed by atoms with van der Waals surface area (Å²) in [5.74, 6) is -0.362. The lowest BCUT2D eigenvalue weighted by atomic mass is 10.1. The molecule has 1 aliphatic heterocycles. The lowest BCUT2D eigenvalue weighted by molar-refractivity contribution is 0.0730. The van der Waals surface area contributed by atoms with E-state index in [9.17, 15) is 14.4 Å². The summed E-state index contributed by atoms with van der Waals surface area (Å²) in [6.45, 7) is 4.06. The molecule has 5 rings (SSSR count). The van der Waals surface area contributed by atoms with Crippen LogP contribution in [-0.4, -0.2) is 41.3 Å². The van der Waals surface area contributed by atoms with Crippen LogP contribution < -0.4 is 11.1 Å². The van der Waals surface area contributed by atoms with Gasteiger partial charge in [0.2, 0.25) is 0 Å². The third-order valence-corrected chi connectivity index (χ3v) is 5.82. The van der Waals surface area contributed by atoms with Crippen LogP contribution in [0.2, 0.25) is 0 Å². The van der Waals surface area contributed by atoms with Gasteiger partial charge in [-0.25, -0.2) is 14.5 Å². The van der Waals surface area contributed by atoms with Crippen molar-refractivity contribution >= 4 is 17.2 Å². The first-order chi connectivity index (χ1) is 14.5. The van der Waals surface area contributed by atoms with Crippen molar-refractivity contribution in [2.75, 3.05) is 6.54 Å². The van der Waals surface area contributed by atoms with E-state index >= 15 is 0 Å². The summed E-state index contributed by atoms with van der Waals surface area (Å²) < 4.78 is 2.78. The van der Waals surface area contributed by atoms with Gasteiger partial charge in [-0.3, -0.25) is 23.9 Å². The number of hydrogen-bond donors (Lipinski definition) is 1. The number of nitrogens with one attached hydrogen (secondary N) is 1. The highest BCUT2D eigenvalue weighted by atomic mass is 16.2. The summed E-state index contributed by atoms with van der Waals surface area (Å²) >= 11 is 0. The number of aryl methyl sites for hydroxylation is 1. The molecule has 4 aromatic rings. The molecule has 4 aromatic heterocycles. The Kier molecular flexibility index (Phi) is 4.05. The highest BCUT2D eigenvalue weighted by Gasteiger charge is 2.33. The number of fused-ring (bicyclic) bond motifs is 2. The lowest BCUT2D eigenvalue weighted by Gasteiger charge is -2.23. The van der Waals surface area contributed by atoms with Gasteiger partial charge in [-0.2, -0.15) is 0 Å². The second-order valence-electron chi connectivity index (χ2n) is 7.59. The summed E-state index contributed by atoms with van der Waals surface area (Å²) in [5.41, 5.74) is 2.48. The van der Waals surface area contributed by atoms with Gasteiger partial charge in [0.25, 0.3) is 17.0 Å². The predicted molar refractivity (Wildman–Crippen MR) is 110 cm³/mol. The SMILES string of the molecule is Cc1nc2cc([C@@H]3CCCN3C(=O)c3cnc4ccccn4c3=O)[nH]n2c(=O)c1C. The number of carbonyl (C=O) groups excluding carboxylic acids is 1. The van der Waals surface area contributed by atoms with Gasteiger partial charge >= 0.3 is 0 Å². The fraction of sp³-hybridized carbons (Fsp3) is 0.286. The molecule has 0 unspecified atom stereocenters. The normalized spacial score (nSPS) is 16.6. The van der Waals surface area contributed by atoms with Crippen molar-refractivity contribution in [3.05, 3.63) is 79.9 Å².